The number of fused-ring (bicyclic) bond motifs is 2. The molecule has 0 aliphatic carbocycles. The van der Waals surface area contributed by atoms with Crippen LogP contribution >= 0.6 is 15.9 Å². The van der Waals surface area contributed by atoms with Gasteiger partial charge in [-0.05, 0) is 28.9 Å². The summed E-state index contributed by atoms with van der Waals surface area (Å²) in [6.45, 7) is 6.63. The van der Waals surface area contributed by atoms with Gasteiger partial charge in [0.15, 0.2) is 11.5 Å². The van der Waals surface area contributed by atoms with Crippen LogP contribution < -0.4 is 10.2 Å². The molecule has 1 unspecified atom stereocenters. The van der Waals surface area contributed by atoms with Crippen molar-refractivity contribution in [3.05, 3.63) is 41.3 Å². The molecule has 0 spiro atoms. The summed E-state index contributed by atoms with van der Waals surface area (Å²) in [7, 11) is 0. The van der Waals surface area contributed by atoms with E-state index in [1.807, 2.05) is 17.4 Å². The molecule has 10 nitrogen and oxygen atoms in total. The number of nitrogens with one attached hydrogen (secondary N) is 2. The molecule has 1 amide bonds. The first-order chi connectivity index (χ1) is 15.0. The number of imidazole rings is 2. The number of aromatic nitrogens is 6. The van der Waals surface area contributed by atoms with Gasteiger partial charge in [-0.3, -0.25) is 9.20 Å². The smallest absolute Gasteiger partial charge is 0.219 e. The zero-order valence-electron chi connectivity index (χ0n) is 17.2. The molecule has 5 rings (SSSR count). The number of hydrogen-bond acceptors (Lipinski definition) is 7. The number of halogens is 1. The molecule has 1 aliphatic heterocycles. The van der Waals surface area contributed by atoms with Gasteiger partial charge in [-0.15, -0.1) is 0 Å². The minimum atomic E-state index is -0.0645. The maximum Gasteiger partial charge on any atom is 0.219 e. The first-order valence-electron chi connectivity index (χ1n) is 10.1. The molecule has 2 N–H and O–H groups in total. The second-order valence-corrected chi connectivity index (χ2v) is 8.46. The van der Waals surface area contributed by atoms with Crippen molar-refractivity contribution in [3.63, 3.8) is 0 Å². The summed E-state index contributed by atoms with van der Waals surface area (Å²) in [5.74, 6) is 1.88. The number of piperazine rings is 1. The summed E-state index contributed by atoms with van der Waals surface area (Å²) in [5.41, 5.74) is 3.49. The van der Waals surface area contributed by atoms with Crippen molar-refractivity contribution < 1.29 is 4.79 Å². The predicted octanol–water partition coefficient (Wildman–Crippen LogP) is 2.60. The summed E-state index contributed by atoms with van der Waals surface area (Å²) < 4.78 is 3.07. The largest absolute Gasteiger partial charge is 0.362 e. The molecule has 0 aromatic carbocycles. The molecule has 0 saturated carbocycles. The number of carbonyl (C=O) groups excluding carboxylic acids is 1. The van der Waals surface area contributed by atoms with Crippen LogP contribution in [0.3, 0.4) is 0 Å². The highest BCUT2D eigenvalue weighted by Crippen LogP contribution is 2.35. The van der Waals surface area contributed by atoms with E-state index in [-0.39, 0.29) is 11.9 Å². The van der Waals surface area contributed by atoms with E-state index in [0.29, 0.717) is 24.6 Å². The van der Waals surface area contributed by atoms with Crippen LogP contribution in [0, 0.1) is 0 Å². The van der Waals surface area contributed by atoms with E-state index < -0.39 is 0 Å². The van der Waals surface area contributed by atoms with E-state index in [4.69, 9.17) is 0 Å². The number of aromatic amines is 1. The zero-order valence-corrected chi connectivity index (χ0v) is 18.8. The van der Waals surface area contributed by atoms with Gasteiger partial charge in [0.05, 0.1) is 24.1 Å². The molecule has 0 bridgehead atoms. The molecule has 5 heterocycles. The molecule has 1 fully saturated rings. The number of pyridine rings is 1. The van der Waals surface area contributed by atoms with E-state index >= 15 is 0 Å². The highest BCUT2D eigenvalue weighted by atomic mass is 79.9. The molecule has 0 radical (unpaired) electrons. The zero-order chi connectivity index (χ0) is 21.5. The first kappa shape index (κ1) is 19.7. The summed E-state index contributed by atoms with van der Waals surface area (Å²) in [6.07, 6.45) is 6.80. The van der Waals surface area contributed by atoms with Crippen molar-refractivity contribution >= 4 is 50.2 Å². The Bertz CT molecular complexity index is 1260. The van der Waals surface area contributed by atoms with Crippen molar-refractivity contribution in [2.45, 2.75) is 19.9 Å². The Labute approximate surface area is 186 Å². The van der Waals surface area contributed by atoms with Gasteiger partial charge in [-0.25, -0.2) is 19.9 Å². The minimum Gasteiger partial charge on any atom is -0.362 e. The molecule has 160 valence electrons. The van der Waals surface area contributed by atoms with Crippen molar-refractivity contribution in [1.29, 1.82) is 0 Å². The lowest BCUT2D eigenvalue weighted by molar-refractivity contribution is -0.129. The van der Waals surface area contributed by atoms with Crippen molar-refractivity contribution in [3.8, 4) is 0 Å². The van der Waals surface area contributed by atoms with Crippen LogP contribution in [0.2, 0.25) is 0 Å². The van der Waals surface area contributed by atoms with Crippen LogP contribution in [0.5, 0.6) is 0 Å². The fraction of sp³-hybridized carbons (Fsp3) is 0.350. The van der Waals surface area contributed by atoms with E-state index in [9.17, 15) is 4.79 Å². The average molecular weight is 484 g/mol. The van der Waals surface area contributed by atoms with Gasteiger partial charge in [-0.2, -0.15) is 0 Å². The number of anilines is 2. The monoisotopic (exact) mass is 483 g/mol. The van der Waals surface area contributed by atoms with Crippen molar-refractivity contribution in [2.24, 2.45) is 0 Å². The Morgan fingerprint density at radius 1 is 1.23 bits per heavy atom. The molecular weight excluding hydrogens is 462 g/mol. The summed E-state index contributed by atoms with van der Waals surface area (Å²) in [6, 6.07) is 2.07. The molecule has 1 saturated heterocycles. The summed E-state index contributed by atoms with van der Waals surface area (Å²) >= 11 is 3.70. The fourth-order valence-corrected chi connectivity index (χ4v) is 4.64. The van der Waals surface area contributed by atoms with Crippen molar-refractivity contribution in [2.75, 3.05) is 36.4 Å². The maximum absolute atomic E-state index is 11.8. The van der Waals surface area contributed by atoms with Gasteiger partial charge < -0.3 is 20.1 Å². The lowest BCUT2D eigenvalue weighted by Crippen LogP contribution is -2.49. The molecule has 1 aliphatic rings. The Morgan fingerprint density at radius 3 is 2.81 bits per heavy atom. The summed E-state index contributed by atoms with van der Waals surface area (Å²) in [5, 5.41) is 3.51. The van der Waals surface area contributed by atoms with E-state index in [1.54, 1.807) is 13.3 Å². The normalized spacial score (nSPS) is 15.6. The molecule has 1 atom stereocenters. The second-order valence-electron chi connectivity index (χ2n) is 7.60. The van der Waals surface area contributed by atoms with Crippen LogP contribution in [-0.4, -0.2) is 66.3 Å². The molecular formula is C20H22BrN9O. The molecule has 11 heteroatoms. The Morgan fingerprint density at radius 2 is 2.03 bits per heavy atom. The highest BCUT2D eigenvalue weighted by molar-refractivity contribution is 9.10. The van der Waals surface area contributed by atoms with E-state index in [2.05, 4.69) is 68.5 Å². The molecule has 4 aromatic rings. The number of hydrogen-bond donors (Lipinski definition) is 2. The maximum atomic E-state index is 11.8. The molecule has 4 aromatic heterocycles. The third-order valence-electron chi connectivity index (χ3n) is 5.72. The predicted molar refractivity (Wildman–Crippen MR) is 121 cm³/mol. The SMILES string of the molecule is CC(=O)N1CCN(c2c(C(C)Nc3ncnc4nc[nH]c34)cc(Br)c3cncn23)CC1. The van der Waals surface area contributed by atoms with Gasteiger partial charge in [-0.1, -0.05) is 0 Å². The van der Waals surface area contributed by atoms with E-state index in [0.717, 1.165) is 40.0 Å². The van der Waals surface area contributed by atoms with Gasteiger partial charge >= 0.3 is 0 Å². The number of H-pyrrole nitrogens is 1. The van der Waals surface area contributed by atoms with Crippen LogP contribution in [0.25, 0.3) is 16.7 Å². The van der Waals surface area contributed by atoms with Crippen LogP contribution in [0.1, 0.15) is 25.5 Å². The van der Waals surface area contributed by atoms with Gasteiger partial charge in [0.2, 0.25) is 5.91 Å². The number of nitrogens with zero attached hydrogens (tertiary/aromatic N) is 7. The second kappa shape index (κ2) is 7.80. The van der Waals surface area contributed by atoms with Gasteiger partial charge in [0, 0.05) is 43.1 Å². The lowest BCUT2D eigenvalue weighted by atomic mass is 10.1. The summed E-state index contributed by atoms with van der Waals surface area (Å²) in [4.78, 5) is 36.3. The Hall–Kier alpha value is -3.21. The lowest BCUT2D eigenvalue weighted by Gasteiger charge is -2.37. The standard InChI is InChI=1S/C20H22BrN9O/c1-12(27-19-17-18(24-9-23-17)25-10-26-19)14-7-15(21)16-8-22-11-30(16)20(14)29-5-3-28(4-6-29)13(2)31/h7-12H,3-6H2,1-2H3,(H2,23,24,25,26,27). The fourth-order valence-electron chi connectivity index (χ4n) is 4.10. The Balaban J connectivity index is 1.54. The van der Waals surface area contributed by atoms with Gasteiger partial charge in [0.25, 0.3) is 0 Å². The minimum absolute atomic E-state index is 0.0645. The highest BCUT2D eigenvalue weighted by Gasteiger charge is 2.26. The number of carbonyl (C=O) groups is 1. The number of rotatable bonds is 4. The first-order valence-corrected chi connectivity index (χ1v) is 10.9. The van der Waals surface area contributed by atoms with Crippen LogP contribution in [0.4, 0.5) is 11.6 Å². The van der Waals surface area contributed by atoms with Crippen molar-refractivity contribution in [1.82, 2.24) is 34.2 Å². The molecule has 31 heavy (non-hydrogen) atoms. The number of amides is 1. The quantitative estimate of drug-likeness (QED) is 0.459. The van der Waals surface area contributed by atoms with E-state index in [1.165, 1.54) is 6.33 Å². The Kier molecular flexibility index (Phi) is 4.97. The van der Waals surface area contributed by atoms with Gasteiger partial charge in [0.1, 0.15) is 24.0 Å². The average Bonchev–Trinajstić information content (AvgIpc) is 3.44. The van der Waals surface area contributed by atoms with Crippen LogP contribution in [0.15, 0.2) is 35.7 Å². The third kappa shape index (κ3) is 3.48. The van der Waals surface area contributed by atoms with Crippen LogP contribution in [-0.2, 0) is 4.79 Å². The topological polar surface area (TPSA) is 107 Å². The third-order valence-corrected chi connectivity index (χ3v) is 6.35.